The van der Waals surface area contributed by atoms with Crippen LogP contribution >= 0.6 is 0 Å². The molecule has 6 nitrogen and oxygen atoms in total. The van der Waals surface area contributed by atoms with Gasteiger partial charge in [-0.1, -0.05) is 12.1 Å². The molecule has 0 saturated carbocycles. The summed E-state index contributed by atoms with van der Waals surface area (Å²) in [4.78, 5) is 28.8. The van der Waals surface area contributed by atoms with Crippen LogP contribution < -0.4 is 4.74 Å². The van der Waals surface area contributed by atoms with Gasteiger partial charge in [-0.2, -0.15) is 0 Å². The van der Waals surface area contributed by atoms with Crippen molar-refractivity contribution in [2.75, 3.05) is 33.3 Å². The lowest BCUT2D eigenvalue weighted by molar-refractivity contribution is 0.0416. The van der Waals surface area contributed by atoms with E-state index in [-0.39, 0.29) is 17.8 Å². The number of para-hydroxylation sites is 1. The Hall–Kier alpha value is -2.93. The summed E-state index contributed by atoms with van der Waals surface area (Å²) >= 11 is 0. The molecule has 170 valence electrons. The third kappa shape index (κ3) is 5.10. The third-order valence-corrected chi connectivity index (χ3v) is 6.43. The molecule has 0 radical (unpaired) electrons. The first-order valence-electron chi connectivity index (χ1n) is 11.2. The van der Waals surface area contributed by atoms with Crippen LogP contribution in [0.4, 0.5) is 4.39 Å². The molecular weight excluding hydrogens is 411 g/mol. The number of halogens is 1. The van der Waals surface area contributed by atoms with Crippen molar-refractivity contribution in [1.82, 2.24) is 9.80 Å². The molecule has 0 N–H and O–H groups in total. The molecule has 2 saturated heterocycles. The highest BCUT2D eigenvalue weighted by Crippen LogP contribution is 2.25. The second kappa shape index (κ2) is 10.1. The Bertz CT molecular complexity index is 933. The van der Waals surface area contributed by atoms with Gasteiger partial charge in [0.05, 0.1) is 12.7 Å². The van der Waals surface area contributed by atoms with Crippen LogP contribution in [0.3, 0.4) is 0 Å². The Morgan fingerprint density at radius 2 is 1.50 bits per heavy atom. The predicted molar refractivity (Wildman–Crippen MR) is 118 cm³/mol. The number of piperidine rings is 2. The second-order valence-electron chi connectivity index (χ2n) is 8.38. The molecule has 2 aliphatic rings. The molecule has 7 heteroatoms. The Morgan fingerprint density at radius 1 is 0.875 bits per heavy atom. The van der Waals surface area contributed by atoms with E-state index in [9.17, 15) is 14.0 Å². The first-order chi connectivity index (χ1) is 15.5. The van der Waals surface area contributed by atoms with Crippen LogP contribution in [-0.4, -0.2) is 67.1 Å². The Morgan fingerprint density at radius 3 is 2.12 bits per heavy atom. The van der Waals surface area contributed by atoms with Crippen molar-refractivity contribution in [2.24, 2.45) is 0 Å². The average molecular weight is 441 g/mol. The molecule has 2 aromatic carbocycles. The van der Waals surface area contributed by atoms with Crippen LogP contribution in [0.2, 0.25) is 0 Å². The number of methoxy groups -OCH3 is 1. The van der Waals surface area contributed by atoms with E-state index in [1.807, 2.05) is 4.90 Å². The maximum Gasteiger partial charge on any atom is 0.337 e. The van der Waals surface area contributed by atoms with Crippen LogP contribution in [0.5, 0.6) is 5.75 Å². The highest BCUT2D eigenvalue weighted by molar-refractivity contribution is 5.96. The first-order valence-corrected chi connectivity index (χ1v) is 11.2. The number of amides is 1. The highest BCUT2D eigenvalue weighted by Gasteiger charge is 2.30. The molecule has 2 aliphatic heterocycles. The molecule has 2 heterocycles. The lowest BCUT2D eigenvalue weighted by atomic mass is 9.98. The minimum Gasteiger partial charge on any atom is -0.487 e. The number of rotatable bonds is 5. The number of carbonyl (C=O) groups is 2. The van der Waals surface area contributed by atoms with Crippen molar-refractivity contribution in [3.05, 3.63) is 65.5 Å². The van der Waals surface area contributed by atoms with Gasteiger partial charge in [-0.3, -0.25) is 9.69 Å². The molecule has 32 heavy (non-hydrogen) atoms. The maximum absolute atomic E-state index is 13.8. The molecule has 0 unspecified atom stereocenters. The zero-order valence-corrected chi connectivity index (χ0v) is 18.3. The largest absolute Gasteiger partial charge is 0.487 e. The molecule has 2 fully saturated rings. The van der Waals surface area contributed by atoms with Crippen LogP contribution in [0.1, 0.15) is 46.4 Å². The van der Waals surface area contributed by atoms with E-state index in [4.69, 9.17) is 9.47 Å². The number of hydrogen-bond acceptors (Lipinski definition) is 5. The van der Waals surface area contributed by atoms with Gasteiger partial charge in [0.1, 0.15) is 6.10 Å². The lowest BCUT2D eigenvalue weighted by Crippen LogP contribution is -2.50. The summed E-state index contributed by atoms with van der Waals surface area (Å²) in [6.45, 7) is 3.28. The van der Waals surface area contributed by atoms with Gasteiger partial charge in [0.25, 0.3) is 5.91 Å². The SMILES string of the molecule is COC(=O)c1ccc(C(=O)N2CCC(N3CCC(Oc4ccccc4F)CC3)CC2)cc1. The second-order valence-corrected chi connectivity index (χ2v) is 8.38. The summed E-state index contributed by atoms with van der Waals surface area (Å²) in [6, 6.07) is 13.6. The van der Waals surface area contributed by atoms with Gasteiger partial charge in [0.15, 0.2) is 11.6 Å². The van der Waals surface area contributed by atoms with Crippen molar-refractivity contribution in [2.45, 2.75) is 37.8 Å². The van der Waals surface area contributed by atoms with E-state index >= 15 is 0 Å². The van der Waals surface area contributed by atoms with Gasteiger partial charge in [-0.05, 0) is 62.1 Å². The lowest BCUT2D eigenvalue weighted by Gasteiger charge is -2.41. The molecule has 0 bridgehead atoms. The standard InChI is InChI=1S/C25H29FN2O4/c1-31-25(30)19-8-6-18(7-9-19)24(29)28-14-10-20(11-15-28)27-16-12-21(13-17-27)32-23-5-3-2-4-22(23)26/h2-9,20-21H,10-17H2,1H3. The number of ether oxygens (including phenoxy) is 2. The van der Waals surface area contributed by atoms with Crippen molar-refractivity contribution in [3.8, 4) is 5.75 Å². The zero-order chi connectivity index (χ0) is 22.5. The number of hydrogen-bond donors (Lipinski definition) is 0. The Kier molecular flexibility index (Phi) is 7.05. The highest BCUT2D eigenvalue weighted by atomic mass is 19.1. The minimum absolute atomic E-state index is 0.00291. The monoisotopic (exact) mass is 440 g/mol. The summed E-state index contributed by atoms with van der Waals surface area (Å²) < 4.78 is 24.4. The summed E-state index contributed by atoms with van der Waals surface area (Å²) in [5.74, 6) is -0.394. The van der Waals surface area contributed by atoms with Crippen molar-refractivity contribution in [3.63, 3.8) is 0 Å². The van der Waals surface area contributed by atoms with Gasteiger partial charge >= 0.3 is 5.97 Å². The van der Waals surface area contributed by atoms with E-state index < -0.39 is 5.97 Å². The molecule has 0 aliphatic carbocycles. The fourth-order valence-corrected chi connectivity index (χ4v) is 4.56. The van der Waals surface area contributed by atoms with Crippen LogP contribution in [0, 0.1) is 5.82 Å². The molecule has 2 aromatic rings. The molecular formula is C25H29FN2O4. The third-order valence-electron chi connectivity index (χ3n) is 6.43. The summed E-state index contributed by atoms with van der Waals surface area (Å²) in [5.41, 5.74) is 1.02. The predicted octanol–water partition coefficient (Wildman–Crippen LogP) is 3.76. The summed E-state index contributed by atoms with van der Waals surface area (Å²) in [6.07, 6.45) is 3.66. The fraction of sp³-hybridized carbons (Fsp3) is 0.440. The molecule has 4 rings (SSSR count). The first kappa shape index (κ1) is 22.3. The number of likely N-dealkylation sites (tertiary alicyclic amines) is 2. The number of esters is 1. The van der Waals surface area contributed by atoms with Crippen molar-refractivity contribution < 1.29 is 23.5 Å². The minimum atomic E-state index is -0.409. The molecule has 0 atom stereocenters. The van der Waals surface area contributed by atoms with E-state index in [0.29, 0.717) is 36.0 Å². The smallest absolute Gasteiger partial charge is 0.337 e. The van der Waals surface area contributed by atoms with Crippen LogP contribution in [0.15, 0.2) is 48.5 Å². The fourth-order valence-electron chi connectivity index (χ4n) is 4.56. The Labute approximate surface area is 187 Å². The zero-order valence-electron chi connectivity index (χ0n) is 18.3. The number of nitrogens with zero attached hydrogens (tertiary/aromatic N) is 2. The van der Waals surface area contributed by atoms with E-state index in [1.165, 1.54) is 13.2 Å². The van der Waals surface area contributed by atoms with Gasteiger partial charge in [0, 0.05) is 37.8 Å². The van der Waals surface area contributed by atoms with Crippen molar-refractivity contribution in [1.29, 1.82) is 0 Å². The van der Waals surface area contributed by atoms with Crippen LogP contribution in [0.25, 0.3) is 0 Å². The van der Waals surface area contributed by atoms with Gasteiger partial charge in [0.2, 0.25) is 0 Å². The molecule has 0 spiro atoms. The van der Waals surface area contributed by atoms with Crippen molar-refractivity contribution >= 4 is 11.9 Å². The quantitative estimate of drug-likeness (QED) is 0.663. The average Bonchev–Trinajstić information content (AvgIpc) is 2.85. The number of carbonyl (C=O) groups excluding carboxylic acids is 2. The van der Waals surface area contributed by atoms with E-state index in [1.54, 1.807) is 42.5 Å². The van der Waals surface area contributed by atoms with Gasteiger partial charge in [-0.15, -0.1) is 0 Å². The molecule has 0 aromatic heterocycles. The summed E-state index contributed by atoms with van der Waals surface area (Å²) in [5, 5.41) is 0. The maximum atomic E-state index is 13.8. The van der Waals surface area contributed by atoms with E-state index in [0.717, 1.165) is 38.8 Å². The number of benzene rings is 2. The van der Waals surface area contributed by atoms with Gasteiger partial charge in [-0.25, -0.2) is 9.18 Å². The van der Waals surface area contributed by atoms with Gasteiger partial charge < -0.3 is 14.4 Å². The summed E-state index contributed by atoms with van der Waals surface area (Å²) in [7, 11) is 1.34. The Balaban J connectivity index is 1.24. The topological polar surface area (TPSA) is 59.1 Å². The molecule has 1 amide bonds. The van der Waals surface area contributed by atoms with Crippen LogP contribution in [-0.2, 0) is 4.74 Å². The normalized spacial score (nSPS) is 18.4. The van der Waals surface area contributed by atoms with E-state index in [2.05, 4.69) is 4.90 Å².